The number of amides is 4. The summed E-state index contributed by atoms with van der Waals surface area (Å²) in [6.07, 6.45) is 0.879. The summed E-state index contributed by atoms with van der Waals surface area (Å²) in [6, 6.07) is 27.0. The van der Waals surface area contributed by atoms with Crippen molar-refractivity contribution in [3.63, 3.8) is 0 Å². The number of anilines is 1. The Morgan fingerprint density at radius 1 is 0.930 bits per heavy atom. The highest BCUT2D eigenvalue weighted by Gasteiger charge is 2.53. The largest absolute Gasteiger partial charge is 0.356 e. The first kappa shape index (κ1) is 26.6. The zero-order valence-electron chi connectivity index (χ0n) is 23.5. The van der Waals surface area contributed by atoms with E-state index in [1.54, 1.807) is 41.3 Å². The molecule has 0 spiro atoms. The molecule has 8 heteroatoms. The fraction of sp³-hybridized carbons (Fsp3) is 0.171. The number of halogens is 1. The predicted octanol–water partition coefficient (Wildman–Crippen LogP) is 6.07. The van der Waals surface area contributed by atoms with E-state index in [1.165, 1.54) is 17.0 Å². The maximum atomic E-state index is 14.3. The van der Waals surface area contributed by atoms with E-state index >= 15 is 0 Å². The van der Waals surface area contributed by atoms with Gasteiger partial charge >= 0.3 is 6.03 Å². The summed E-state index contributed by atoms with van der Waals surface area (Å²) in [6.45, 7) is 2.32. The number of aromatic nitrogens is 1. The molecule has 2 atom stereocenters. The van der Waals surface area contributed by atoms with Gasteiger partial charge in [-0.3, -0.25) is 14.5 Å². The van der Waals surface area contributed by atoms with E-state index in [2.05, 4.69) is 10.3 Å². The number of H-pyrrole nitrogens is 1. The Labute approximate surface area is 247 Å². The molecule has 0 saturated carbocycles. The van der Waals surface area contributed by atoms with Gasteiger partial charge in [0.15, 0.2) is 0 Å². The number of carbonyl (C=O) groups excluding carboxylic acids is 3. The van der Waals surface area contributed by atoms with Crippen LogP contribution in [0.15, 0.2) is 97.1 Å². The molecule has 1 aromatic heterocycles. The predicted molar refractivity (Wildman–Crippen MR) is 162 cm³/mol. The Kier molecular flexibility index (Phi) is 6.54. The number of benzene rings is 4. The van der Waals surface area contributed by atoms with Crippen molar-refractivity contribution in [2.75, 3.05) is 11.4 Å². The molecule has 214 valence electrons. The van der Waals surface area contributed by atoms with Gasteiger partial charge in [0.2, 0.25) is 0 Å². The van der Waals surface area contributed by atoms with Crippen LogP contribution >= 0.6 is 0 Å². The topological polar surface area (TPSA) is 85.5 Å². The summed E-state index contributed by atoms with van der Waals surface area (Å²) in [5.41, 5.74) is 6.22. The van der Waals surface area contributed by atoms with E-state index < -0.39 is 24.0 Å². The normalized spacial score (nSPS) is 17.7. The second-order valence-corrected chi connectivity index (χ2v) is 11.1. The lowest BCUT2D eigenvalue weighted by Gasteiger charge is -2.36. The zero-order valence-corrected chi connectivity index (χ0v) is 23.5. The van der Waals surface area contributed by atoms with Gasteiger partial charge in [-0.05, 0) is 65.9 Å². The molecule has 2 aliphatic rings. The number of nitrogens with zero attached hydrogens (tertiary/aromatic N) is 2. The molecule has 4 aromatic carbocycles. The summed E-state index contributed by atoms with van der Waals surface area (Å²) in [5.74, 6) is -1.07. The number of aryl methyl sites for hydroxylation is 1. The van der Waals surface area contributed by atoms with Crippen LogP contribution in [0.5, 0.6) is 0 Å². The highest BCUT2D eigenvalue weighted by atomic mass is 19.1. The average molecular weight is 573 g/mol. The van der Waals surface area contributed by atoms with Crippen LogP contribution in [0, 0.1) is 12.7 Å². The number of aromatic amines is 1. The molecule has 43 heavy (non-hydrogen) atoms. The van der Waals surface area contributed by atoms with Crippen molar-refractivity contribution in [2.24, 2.45) is 0 Å². The van der Waals surface area contributed by atoms with Crippen molar-refractivity contribution >= 4 is 34.4 Å². The van der Waals surface area contributed by atoms with E-state index in [0.717, 1.165) is 38.9 Å². The Morgan fingerprint density at radius 2 is 1.65 bits per heavy atom. The van der Waals surface area contributed by atoms with Gasteiger partial charge in [-0.15, -0.1) is 0 Å². The Hall–Kier alpha value is -5.24. The molecule has 0 radical (unpaired) electrons. The minimum atomic E-state index is -0.724. The van der Waals surface area contributed by atoms with Gasteiger partial charge in [0, 0.05) is 29.6 Å². The molecule has 2 aliphatic heterocycles. The number of imide groups is 1. The average Bonchev–Trinajstić information content (AvgIpc) is 3.51. The molecule has 5 aromatic rings. The monoisotopic (exact) mass is 572 g/mol. The molecule has 3 heterocycles. The van der Waals surface area contributed by atoms with Crippen molar-refractivity contribution in [2.45, 2.75) is 31.8 Å². The third-order valence-electron chi connectivity index (χ3n) is 8.53. The first-order chi connectivity index (χ1) is 20.9. The number of hydrogen-bond acceptors (Lipinski definition) is 3. The molecule has 1 fully saturated rings. The second-order valence-electron chi connectivity index (χ2n) is 11.1. The number of carbonyl (C=O) groups is 3. The molecule has 7 rings (SSSR count). The molecular formula is C35H29FN4O3. The number of nitrogens with one attached hydrogen (secondary N) is 2. The number of urea groups is 1. The SMILES string of the molecule is Cc1ccccc1[C@@H]1c2[nH]c3ccccc3c2C[C@H]2C(=O)N(c3ccccc3C(=O)NCCc3ccc(F)cc3)C(=O)N12. The van der Waals surface area contributed by atoms with Crippen LogP contribution in [0.3, 0.4) is 0 Å². The fourth-order valence-electron chi connectivity index (χ4n) is 6.44. The maximum absolute atomic E-state index is 14.3. The standard InChI is InChI=1S/C35H29FN4O3/c1-21-8-2-3-9-24(21)32-31-27(25-10-4-6-12-28(25)38-31)20-30-34(42)40(35(43)39(30)32)29-13-7-5-11-26(29)33(41)37-19-18-22-14-16-23(36)17-15-22/h2-17,30,32,38H,18-20H2,1H3,(H,37,41)/t30-,32+/m0/s1. The lowest BCUT2D eigenvalue weighted by atomic mass is 9.87. The first-order valence-electron chi connectivity index (χ1n) is 14.4. The van der Waals surface area contributed by atoms with Crippen LogP contribution < -0.4 is 10.2 Å². The van der Waals surface area contributed by atoms with E-state index in [4.69, 9.17) is 0 Å². The molecule has 4 amide bonds. The molecule has 0 unspecified atom stereocenters. The number of hydrogen-bond donors (Lipinski definition) is 2. The van der Waals surface area contributed by atoms with E-state index in [9.17, 15) is 18.8 Å². The Morgan fingerprint density at radius 3 is 2.47 bits per heavy atom. The van der Waals surface area contributed by atoms with Crippen molar-refractivity contribution in [3.8, 4) is 0 Å². The summed E-state index contributed by atoms with van der Waals surface area (Å²) < 4.78 is 13.3. The zero-order chi connectivity index (χ0) is 29.7. The summed E-state index contributed by atoms with van der Waals surface area (Å²) in [5, 5.41) is 3.93. The van der Waals surface area contributed by atoms with Crippen LogP contribution in [0.1, 0.15) is 44.3 Å². The van der Waals surface area contributed by atoms with Crippen molar-refractivity contribution in [1.82, 2.24) is 15.2 Å². The van der Waals surface area contributed by atoms with Gasteiger partial charge in [-0.2, -0.15) is 0 Å². The van der Waals surface area contributed by atoms with Crippen LogP contribution in [0.25, 0.3) is 10.9 Å². The Bertz CT molecular complexity index is 1900. The van der Waals surface area contributed by atoms with E-state index in [1.807, 2.05) is 55.5 Å². The van der Waals surface area contributed by atoms with Crippen molar-refractivity contribution < 1.29 is 18.8 Å². The van der Waals surface area contributed by atoms with E-state index in [0.29, 0.717) is 19.4 Å². The summed E-state index contributed by atoms with van der Waals surface area (Å²) >= 11 is 0. The molecule has 2 N–H and O–H groups in total. The minimum Gasteiger partial charge on any atom is -0.356 e. The maximum Gasteiger partial charge on any atom is 0.332 e. The summed E-state index contributed by atoms with van der Waals surface area (Å²) in [7, 11) is 0. The fourth-order valence-corrected chi connectivity index (χ4v) is 6.44. The molecular weight excluding hydrogens is 543 g/mol. The van der Waals surface area contributed by atoms with Gasteiger partial charge in [-0.25, -0.2) is 14.1 Å². The van der Waals surface area contributed by atoms with Crippen molar-refractivity contribution in [3.05, 3.63) is 136 Å². The molecule has 0 bridgehead atoms. The number of para-hydroxylation sites is 2. The third-order valence-corrected chi connectivity index (χ3v) is 8.53. The molecule has 1 saturated heterocycles. The Balaban J connectivity index is 1.24. The van der Waals surface area contributed by atoms with E-state index in [-0.39, 0.29) is 23.0 Å². The minimum absolute atomic E-state index is 0.236. The highest BCUT2D eigenvalue weighted by Crippen LogP contribution is 2.45. The van der Waals surface area contributed by atoms with Crippen LogP contribution in [-0.4, -0.2) is 40.3 Å². The van der Waals surface area contributed by atoms with Gasteiger partial charge < -0.3 is 10.3 Å². The van der Waals surface area contributed by atoms with Crippen LogP contribution in [-0.2, 0) is 17.6 Å². The third kappa shape index (κ3) is 4.46. The second kappa shape index (κ2) is 10.5. The lowest BCUT2D eigenvalue weighted by Crippen LogP contribution is -2.44. The molecule has 7 nitrogen and oxygen atoms in total. The summed E-state index contributed by atoms with van der Waals surface area (Å²) in [4.78, 5) is 48.3. The highest BCUT2D eigenvalue weighted by molar-refractivity contribution is 6.24. The van der Waals surface area contributed by atoms with Gasteiger partial charge in [-0.1, -0.05) is 66.7 Å². The first-order valence-corrected chi connectivity index (χ1v) is 14.4. The van der Waals surface area contributed by atoms with Crippen LogP contribution in [0.2, 0.25) is 0 Å². The number of rotatable bonds is 6. The quantitative estimate of drug-likeness (QED) is 0.242. The van der Waals surface area contributed by atoms with Gasteiger partial charge in [0.05, 0.1) is 11.3 Å². The molecule has 0 aliphatic carbocycles. The van der Waals surface area contributed by atoms with Gasteiger partial charge in [0.1, 0.15) is 17.9 Å². The lowest BCUT2D eigenvalue weighted by molar-refractivity contribution is -0.120. The van der Waals surface area contributed by atoms with Crippen LogP contribution in [0.4, 0.5) is 14.9 Å². The van der Waals surface area contributed by atoms with Crippen molar-refractivity contribution in [1.29, 1.82) is 0 Å². The number of fused-ring (bicyclic) bond motifs is 4. The van der Waals surface area contributed by atoms with Gasteiger partial charge in [0.25, 0.3) is 11.8 Å². The smallest absolute Gasteiger partial charge is 0.332 e.